The van der Waals surface area contributed by atoms with E-state index >= 15 is 0 Å². The van der Waals surface area contributed by atoms with E-state index in [4.69, 9.17) is 9.47 Å². The van der Waals surface area contributed by atoms with Gasteiger partial charge in [0.2, 0.25) is 0 Å². The maximum absolute atomic E-state index is 13.6. The van der Waals surface area contributed by atoms with Crippen molar-refractivity contribution in [2.45, 2.75) is 46.1 Å². The second kappa shape index (κ2) is 8.32. The Morgan fingerprint density at radius 1 is 1.06 bits per heavy atom. The van der Waals surface area contributed by atoms with Crippen molar-refractivity contribution in [3.05, 3.63) is 71.3 Å². The summed E-state index contributed by atoms with van der Waals surface area (Å²) in [5.41, 5.74) is 4.88. The van der Waals surface area contributed by atoms with Crippen LogP contribution in [0.1, 0.15) is 57.2 Å². The fraction of sp³-hybridized carbons (Fsp3) is 0.310. The standard InChI is InChI=1S/C29H29NO4/c1-5-25(32)34-23-13-11-18(14-24(23)33-4)28-27-20(15-29(2,3)16-22(27)31)26-19-9-7-6-8-17(19)10-12-21(26)30-28/h6-14,28,30H,5,15-16H2,1-4H3/t28-/m1/s1. The molecule has 5 heteroatoms. The third kappa shape index (κ3) is 3.75. The van der Waals surface area contributed by atoms with Crippen molar-refractivity contribution in [1.29, 1.82) is 0 Å². The van der Waals surface area contributed by atoms with E-state index in [2.05, 4.69) is 43.4 Å². The summed E-state index contributed by atoms with van der Waals surface area (Å²) in [6, 6.07) is 17.8. The van der Waals surface area contributed by atoms with Crippen molar-refractivity contribution in [3.63, 3.8) is 0 Å². The average Bonchev–Trinajstić information content (AvgIpc) is 2.82. The predicted molar refractivity (Wildman–Crippen MR) is 134 cm³/mol. The summed E-state index contributed by atoms with van der Waals surface area (Å²) in [5, 5.41) is 5.96. The Hall–Kier alpha value is -3.60. The van der Waals surface area contributed by atoms with E-state index in [1.54, 1.807) is 20.1 Å². The van der Waals surface area contributed by atoms with Gasteiger partial charge in [-0.25, -0.2) is 0 Å². The van der Waals surface area contributed by atoms with E-state index in [1.165, 1.54) is 0 Å². The zero-order valence-corrected chi connectivity index (χ0v) is 20.0. The van der Waals surface area contributed by atoms with Gasteiger partial charge in [-0.2, -0.15) is 0 Å². The van der Waals surface area contributed by atoms with Crippen LogP contribution in [-0.2, 0) is 9.59 Å². The zero-order chi connectivity index (χ0) is 24.0. The smallest absolute Gasteiger partial charge is 0.311 e. The molecule has 1 aliphatic carbocycles. The Balaban J connectivity index is 1.68. The number of Topliss-reactive ketones (excluding diaryl/α,β-unsaturated/α-hetero) is 1. The number of hydrogen-bond acceptors (Lipinski definition) is 5. The van der Waals surface area contributed by atoms with Crippen LogP contribution in [0.4, 0.5) is 5.69 Å². The minimum absolute atomic E-state index is 0.109. The molecule has 174 valence electrons. The first-order valence-corrected chi connectivity index (χ1v) is 11.7. The summed E-state index contributed by atoms with van der Waals surface area (Å²) < 4.78 is 11.0. The van der Waals surface area contributed by atoms with Crippen LogP contribution in [0.25, 0.3) is 16.3 Å². The minimum atomic E-state index is -0.322. The summed E-state index contributed by atoms with van der Waals surface area (Å²) >= 11 is 0. The number of anilines is 1. The maximum atomic E-state index is 13.6. The molecule has 1 aliphatic heterocycles. The molecule has 1 heterocycles. The fourth-order valence-electron chi connectivity index (χ4n) is 5.23. The molecule has 5 rings (SSSR count). The van der Waals surface area contributed by atoms with Gasteiger partial charge < -0.3 is 14.8 Å². The zero-order valence-electron chi connectivity index (χ0n) is 20.0. The van der Waals surface area contributed by atoms with Gasteiger partial charge in [-0.3, -0.25) is 9.59 Å². The van der Waals surface area contributed by atoms with Crippen molar-refractivity contribution in [1.82, 2.24) is 0 Å². The van der Waals surface area contributed by atoms with Crippen molar-refractivity contribution >= 4 is 33.8 Å². The Bertz CT molecular complexity index is 1350. The lowest BCUT2D eigenvalue weighted by Gasteiger charge is -2.40. The molecule has 0 bridgehead atoms. The number of nitrogens with one attached hydrogen (secondary N) is 1. The summed E-state index contributed by atoms with van der Waals surface area (Å²) in [5.74, 6) is 0.696. The Morgan fingerprint density at radius 3 is 2.62 bits per heavy atom. The number of ketones is 1. The van der Waals surface area contributed by atoms with Gasteiger partial charge in [-0.1, -0.05) is 57.2 Å². The maximum Gasteiger partial charge on any atom is 0.311 e. The number of ether oxygens (including phenoxy) is 2. The number of fused-ring (bicyclic) bond motifs is 4. The summed E-state index contributed by atoms with van der Waals surface area (Å²) in [4.78, 5) is 25.4. The molecular weight excluding hydrogens is 426 g/mol. The Morgan fingerprint density at radius 2 is 1.85 bits per heavy atom. The topological polar surface area (TPSA) is 64.6 Å². The van der Waals surface area contributed by atoms with Crippen LogP contribution in [0.5, 0.6) is 11.5 Å². The first kappa shape index (κ1) is 22.2. The third-order valence-corrected chi connectivity index (χ3v) is 6.77. The van der Waals surface area contributed by atoms with Gasteiger partial charge in [0.05, 0.1) is 13.2 Å². The molecule has 0 radical (unpaired) electrons. The van der Waals surface area contributed by atoms with E-state index < -0.39 is 0 Å². The van der Waals surface area contributed by atoms with Crippen LogP contribution in [0.2, 0.25) is 0 Å². The number of hydrogen-bond donors (Lipinski definition) is 1. The molecule has 0 amide bonds. The second-order valence-electron chi connectivity index (χ2n) is 9.86. The first-order valence-electron chi connectivity index (χ1n) is 11.7. The molecule has 1 N–H and O–H groups in total. The van der Waals surface area contributed by atoms with Gasteiger partial charge in [-0.15, -0.1) is 0 Å². The number of rotatable bonds is 4. The summed E-state index contributed by atoms with van der Waals surface area (Å²) in [7, 11) is 1.55. The molecular formula is C29H29NO4. The van der Waals surface area contributed by atoms with Crippen molar-refractivity contribution in [2.24, 2.45) is 5.41 Å². The van der Waals surface area contributed by atoms with Gasteiger partial charge in [0.25, 0.3) is 0 Å². The van der Waals surface area contributed by atoms with Crippen molar-refractivity contribution < 1.29 is 19.1 Å². The number of carbonyl (C=O) groups excluding carboxylic acids is 2. The monoisotopic (exact) mass is 455 g/mol. The van der Waals surface area contributed by atoms with Crippen LogP contribution >= 0.6 is 0 Å². The van der Waals surface area contributed by atoms with E-state index in [-0.39, 0.29) is 29.6 Å². The highest BCUT2D eigenvalue weighted by Crippen LogP contribution is 2.52. The number of benzene rings is 3. The van der Waals surface area contributed by atoms with Crippen LogP contribution in [0.15, 0.2) is 60.2 Å². The van der Waals surface area contributed by atoms with Crippen LogP contribution in [-0.4, -0.2) is 18.9 Å². The largest absolute Gasteiger partial charge is 0.493 e. The van der Waals surface area contributed by atoms with Crippen molar-refractivity contribution in [3.8, 4) is 11.5 Å². The summed E-state index contributed by atoms with van der Waals surface area (Å²) in [6.45, 7) is 6.08. The van der Waals surface area contributed by atoms with Crippen LogP contribution < -0.4 is 14.8 Å². The number of carbonyl (C=O) groups is 2. The molecule has 0 saturated carbocycles. The molecule has 0 aromatic heterocycles. The van der Waals surface area contributed by atoms with Crippen molar-refractivity contribution in [2.75, 3.05) is 12.4 Å². The molecule has 0 unspecified atom stereocenters. The normalized spacial score (nSPS) is 18.7. The van der Waals surface area contributed by atoms with Crippen LogP contribution in [0, 0.1) is 5.41 Å². The lowest BCUT2D eigenvalue weighted by molar-refractivity contribution is -0.134. The van der Waals surface area contributed by atoms with E-state index in [1.807, 2.05) is 24.3 Å². The molecule has 1 atom stereocenters. The Labute approximate surface area is 199 Å². The van der Waals surface area contributed by atoms with Gasteiger partial charge in [-0.05, 0) is 51.9 Å². The lowest BCUT2D eigenvalue weighted by atomic mass is 9.68. The van der Waals surface area contributed by atoms with Crippen LogP contribution in [0.3, 0.4) is 0 Å². The van der Waals surface area contributed by atoms with Gasteiger partial charge in [0.15, 0.2) is 17.3 Å². The van der Waals surface area contributed by atoms with E-state index in [0.29, 0.717) is 17.9 Å². The molecule has 34 heavy (non-hydrogen) atoms. The molecule has 3 aromatic rings. The molecule has 0 saturated heterocycles. The second-order valence-corrected chi connectivity index (χ2v) is 9.86. The first-order chi connectivity index (χ1) is 16.3. The number of esters is 1. The molecule has 0 spiro atoms. The number of allylic oxidation sites excluding steroid dienone is 1. The summed E-state index contributed by atoms with van der Waals surface area (Å²) in [6.07, 6.45) is 1.62. The van der Waals surface area contributed by atoms with E-state index in [9.17, 15) is 9.59 Å². The number of methoxy groups -OCH3 is 1. The highest BCUT2D eigenvalue weighted by atomic mass is 16.6. The highest BCUT2D eigenvalue weighted by Gasteiger charge is 2.41. The fourth-order valence-corrected chi connectivity index (χ4v) is 5.23. The molecule has 0 fully saturated rings. The molecule has 2 aliphatic rings. The quantitative estimate of drug-likeness (QED) is 0.361. The molecule has 3 aromatic carbocycles. The minimum Gasteiger partial charge on any atom is -0.493 e. The lowest BCUT2D eigenvalue weighted by Crippen LogP contribution is -2.33. The van der Waals surface area contributed by atoms with Gasteiger partial charge in [0, 0.05) is 29.7 Å². The van der Waals surface area contributed by atoms with Gasteiger partial charge in [0.1, 0.15) is 0 Å². The third-order valence-electron chi connectivity index (χ3n) is 6.77. The van der Waals surface area contributed by atoms with E-state index in [0.717, 1.165) is 45.2 Å². The average molecular weight is 456 g/mol. The molecule has 5 nitrogen and oxygen atoms in total. The predicted octanol–water partition coefficient (Wildman–Crippen LogP) is 6.47. The van der Waals surface area contributed by atoms with Gasteiger partial charge >= 0.3 is 5.97 Å². The SMILES string of the molecule is CCC(=O)Oc1ccc([C@H]2Nc3ccc4ccccc4c3C3=C2C(=O)CC(C)(C)C3)cc1OC. The Kier molecular flexibility index (Phi) is 5.43. The highest BCUT2D eigenvalue weighted by molar-refractivity contribution is 6.12.